The van der Waals surface area contributed by atoms with Gasteiger partial charge in [-0.25, -0.2) is 0 Å². The first-order valence-electron chi connectivity index (χ1n) is 4.51. The van der Waals surface area contributed by atoms with Gasteiger partial charge in [0, 0.05) is 5.69 Å². The number of halogens is 1. The van der Waals surface area contributed by atoms with E-state index >= 15 is 0 Å². The van der Waals surface area contributed by atoms with E-state index in [-0.39, 0.29) is 0 Å². The van der Waals surface area contributed by atoms with E-state index in [0.717, 1.165) is 29.4 Å². The molecule has 1 aromatic rings. The number of nitrogens with zero attached hydrogens (tertiary/aromatic N) is 2. The molecule has 0 bridgehead atoms. The second-order valence-electron chi connectivity index (χ2n) is 3.81. The average molecular weight is 245 g/mol. The molecule has 0 unspecified atom stereocenters. The van der Waals surface area contributed by atoms with Gasteiger partial charge >= 0.3 is 0 Å². The van der Waals surface area contributed by atoms with Crippen LogP contribution in [0.15, 0.2) is 10.7 Å². The summed E-state index contributed by atoms with van der Waals surface area (Å²) in [6.07, 6.45) is 4.73. The maximum atomic E-state index is 9.92. The molecule has 0 aliphatic heterocycles. The van der Waals surface area contributed by atoms with Crippen LogP contribution in [0.1, 0.15) is 25.0 Å². The minimum absolute atomic E-state index is 0.490. The summed E-state index contributed by atoms with van der Waals surface area (Å²) < 4.78 is 2.87. The first-order chi connectivity index (χ1) is 6.11. The second kappa shape index (κ2) is 3.10. The van der Waals surface area contributed by atoms with Gasteiger partial charge in [0.15, 0.2) is 0 Å². The predicted molar refractivity (Wildman–Crippen MR) is 53.5 cm³/mol. The van der Waals surface area contributed by atoms with Crippen LogP contribution in [0, 0.1) is 6.92 Å². The molecular weight excluding hydrogens is 232 g/mol. The standard InChI is InChI=1S/C9H13BrN2O/c1-7-8(10)5-11-12(7)6-9(13)3-2-4-9/h5,13H,2-4,6H2,1H3. The molecule has 0 atom stereocenters. The smallest absolute Gasteiger partial charge is 0.0842 e. The highest BCUT2D eigenvalue weighted by Crippen LogP contribution is 2.33. The van der Waals surface area contributed by atoms with Gasteiger partial charge in [0.05, 0.1) is 22.8 Å². The van der Waals surface area contributed by atoms with Crippen molar-refractivity contribution in [3.63, 3.8) is 0 Å². The fourth-order valence-electron chi connectivity index (χ4n) is 1.60. The zero-order valence-corrected chi connectivity index (χ0v) is 9.21. The lowest BCUT2D eigenvalue weighted by atomic mass is 9.80. The van der Waals surface area contributed by atoms with Crippen LogP contribution in [0.4, 0.5) is 0 Å². The van der Waals surface area contributed by atoms with Gasteiger partial charge in [-0.2, -0.15) is 5.10 Å². The van der Waals surface area contributed by atoms with Gasteiger partial charge in [-0.05, 0) is 42.1 Å². The van der Waals surface area contributed by atoms with Crippen molar-refractivity contribution in [2.75, 3.05) is 0 Å². The van der Waals surface area contributed by atoms with Gasteiger partial charge in [0.1, 0.15) is 0 Å². The first kappa shape index (κ1) is 9.21. The molecule has 1 saturated carbocycles. The van der Waals surface area contributed by atoms with Crippen molar-refractivity contribution in [1.82, 2.24) is 9.78 Å². The average Bonchev–Trinajstić information content (AvgIpc) is 2.33. The molecule has 0 aromatic carbocycles. The topological polar surface area (TPSA) is 38.0 Å². The predicted octanol–water partition coefficient (Wildman–Crippen LogP) is 1.87. The minimum Gasteiger partial charge on any atom is -0.388 e. The first-order valence-corrected chi connectivity index (χ1v) is 5.30. The number of rotatable bonds is 2. The maximum Gasteiger partial charge on any atom is 0.0842 e. The van der Waals surface area contributed by atoms with Crippen molar-refractivity contribution >= 4 is 15.9 Å². The van der Waals surface area contributed by atoms with E-state index in [4.69, 9.17) is 0 Å². The molecule has 1 heterocycles. The summed E-state index contributed by atoms with van der Waals surface area (Å²) in [6.45, 7) is 2.63. The summed E-state index contributed by atoms with van der Waals surface area (Å²) >= 11 is 3.40. The molecule has 1 aromatic heterocycles. The third-order valence-electron chi connectivity index (χ3n) is 2.77. The lowest BCUT2D eigenvalue weighted by Gasteiger charge is -2.36. The van der Waals surface area contributed by atoms with Crippen molar-refractivity contribution in [3.8, 4) is 0 Å². The van der Waals surface area contributed by atoms with Crippen LogP contribution in [0.25, 0.3) is 0 Å². The molecular formula is C9H13BrN2O. The lowest BCUT2D eigenvalue weighted by Crippen LogP contribution is -2.41. The summed E-state index contributed by atoms with van der Waals surface area (Å²) in [4.78, 5) is 0. The molecule has 0 spiro atoms. The molecule has 0 saturated heterocycles. The largest absolute Gasteiger partial charge is 0.388 e. The number of aliphatic hydroxyl groups is 1. The van der Waals surface area contributed by atoms with E-state index in [0.29, 0.717) is 6.54 Å². The highest BCUT2D eigenvalue weighted by Gasteiger charge is 2.35. The zero-order chi connectivity index (χ0) is 9.47. The second-order valence-corrected chi connectivity index (χ2v) is 4.67. The Morgan fingerprint density at radius 2 is 2.38 bits per heavy atom. The molecule has 4 heteroatoms. The Bertz CT molecular complexity index is 317. The van der Waals surface area contributed by atoms with E-state index in [9.17, 15) is 5.11 Å². The normalized spacial score (nSPS) is 19.9. The van der Waals surface area contributed by atoms with Crippen molar-refractivity contribution in [3.05, 3.63) is 16.4 Å². The third kappa shape index (κ3) is 1.65. The highest BCUT2D eigenvalue weighted by molar-refractivity contribution is 9.10. The van der Waals surface area contributed by atoms with Gasteiger partial charge in [-0.3, -0.25) is 4.68 Å². The van der Waals surface area contributed by atoms with Crippen LogP contribution in [0.3, 0.4) is 0 Å². The molecule has 2 rings (SSSR count). The van der Waals surface area contributed by atoms with Gasteiger partial charge in [-0.15, -0.1) is 0 Å². The molecule has 1 aliphatic carbocycles. The SMILES string of the molecule is Cc1c(Br)cnn1CC1(O)CCC1. The molecule has 0 radical (unpaired) electrons. The van der Waals surface area contributed by atoms with Crippen LogP contribution >= 0.6 is 15.9 Å². The Balaban J connectivity index is 2.13. The maximum absolute atomic E-state index is 9.92. The Morgan fingerprint density at radius 3 is 2.77 bits per heavy atom. The lowest BCUT2D eigenvalue weighted by molar-refractivity contribution is -0.0502. The van der Waals surface area contributed by atoms with Crippen molar-refractivity contribution in [1.29, 1.82) is 0 Å². The Labute approximate surface area is 85.9 Å². The Morgan fingerprint density at radius 1 is 1.69 bits per heavy atom. The van der Waals surface area contributed by atoms with E-state index in [1.54, 1.807) is 6.20 Å². The van der Waals surface area contributed by atoms with Gasteiger partial charge in [0.2, 0.25) is 0 Å². The van der Waals surface area contributed by atoms with E-state index in [1.165, 1.54) is 0 Å². The van der Waals surface area contributed by atoms with Crippen molar-refractivity contribution in [2.45, 2.75) is 38.3 Å². The molecule has 1 aliphatic rings. The van der Waals surface area contributed by atoms with E-state index in [1.807, 2.05) is 11.6 Å². The molecule has 1 fully saturated rings. The van der Waals surface area contributed by atoms with Gasteiger partial charge < -0.3 is 5.11 Å². The molecule has 1 N–H and O–H groups in total. The number of hydrogen-bond donors (Lipinski definition) is 1. The molecule has 0 amide bonds. The summed E-state index contributed by atoms with van der Waals surface area (Å²) in [7, 11) is 0. The van der Waals surface area contributed by atoms with Gasteiger partial charge in [0.25, 0.3) is 0 Å². The summed E-state index contributed by atoms with van der Waals surface area (Å²) in [5.74, 6) is 0. The summed E-state index contributed by atoms with van der Waals surface area (Å²) in [5, 5.41) is 14.1. The van der Waals surface area contributed by atoms with Crippen LogP contribution in [-0.2, 0) is 6.54 Å². The van der Waals surface area contributed by atoms with E-state index < -0.39 is 5.60 Å². The third-order valence-corrected chi connectivity index (χ3v) is 3.55. The zero-order valence-electron chi connectivity index (χ0n) is 7.63. The summed E-state index contributed by atoms with van der Waals surface area (Å²) in [6, 6.07) is 0. The fraction of sp³-hybridized carbons (Fsp3) is 0.667. The minimum atomic E-state index is -0.490. The van der Waals surface area contributed by atoms with Crippen LogP contribution in [0.2, 0.25) is 0 Å². The van der Waals surface area contributed by atoms with Crippen molar-refractivity contribution < 1.29 is 5.11 Å². The van der Waals surface area contributed by atoms with Crippen LogP contribution in [-0.4, -0.2) is 20.5 Å². The highest BCUT2D eigenvalue weighted by atomic mass is 79.9. The van der Waals surface area contributed by atoms with Crippen LogP contribution < -0.4 is 0 Å². The number of aromatic nitrogens is 2. The Hall–Kier alpha value is -0.350. The van der Waals surface area contributed by atoms with Gasteiger partial charge in [-0.1, -0.05) is 0 Å². The fourth-order valence-corrected chi connectivity index (χ4v) is 1.90. The molecule has 72 valence electrons. The monoisotopic (exact) mass is 244 g/mol. The van der Waals surface area contributed by atoms with Crippen molar-refractivity contribution in [2.24, 2.45) is 0 Å². The van der Waals surface area contributed by atoms with E-state index in [2.05, 4.69) is 21.0 Å². The Kier molecular flexibility index (Phi) is 2.20. The number of hydrogen-bond acceptors (Lipinski definition) is 2. The van der Waals surface area contributed by atoms with Crippen LogP contribution in [0.5, 0.6) is 0 Å². The molecule has 3 nitrogen and oxygen atoms in total. The summed E-state index contributed by atoms with van der Waals surface area (Å²) in [5.41, 5.74) is 0.594. The molecule has 13 heavy (non-hydrogen) atoms. The quantitative estimate of drug-likeness (QED) is 0.863.